The summed E-state index contributed by atoms with van der Waals surface area (Å²) in [5.74, 6) is -0.241. The molecule has 0 fully saturated rings. The van der Waals surface area contributed by atoms with Gasteiger partial charge in [-0.1, -0.05) is 17.7 Å². The average Bonchev–Trinajstić information content (AvgIpc) is 3.11. The standard InChI is InChI=1S/C19H22N2O4/c1-12(2)5-8-15-16(24-3)9-13(6-7-14-10-20-11-21-14)17(18(15)22)19(23)25-4/h5-7,9-10,22H,8,11H2,1-4H3/b7-6+. The maximum absolute atomic E-state index is 12.2. The van der Waals surface area contributed by atoms with Crippen molar-refractivity contribution in [3.63, 3.8) is 0 Å². The van der Waals surface area contributed by atoms with Gasteiger partial charge in [-0.05, 0) is 38.0 Å². The van der Waals surface area contributed by atoms with Crippen LogP contribution in [-0.4, -0.2) is 43.9 Å². The summed E-state index contributed by atoms with van der Waals surface area (Å²) in [5.41, 5.74) is 2.94. The first-order chi connectivity index (χ1) is 12.0. The lowest BCUT2D eigenvalue weighted by atomic mass is 9.97. The smallest absolute Gasteiger partial charge is 0.342 e. The number of methoxy groups -OCH3 is 2. The molecule has 0 spiro atoms. The normalized spacial score (nSPS) is 13.0. The molecule has 1 aromatic carbocycles. The van der Waals surface area contributed by atoms with Crippen molar-refractivity contribution in [1.29, 1.82) is 0 Å². The first kappa shape index (κ1) is 18.4. The Balaban J connectivity index is 2.57. The largest absolute Gasteiger partial charge is 0.507 e. The zero-order valence-electron chi connectivity index (χ0n) is 14.9. The minimum atomic E-state index is -0.611. The fourth-order valence-electron chi connectivity index (χ4n) is 2.41. The SMILES string of the molecule is COC(=O)c1c(/C=C/C2=NCN=C2)cc(OC)c(CC=C(C)C)c1O. The van der Waals surface area contributed by atoms with E-state index in [0.717, 1.165) is 5.57 Å². The summed E-state index contributed by atoms with van der Waals surface area (Å²) in [5, 5.41) is 10.7. The van der Waals surface area contributed by atoms with E-state index < -0.39 is 5.97 Å². The summed E-state index contributed by atoms with van der Waals surface area (Å²) < 4.78 is 10.2. The van der Waals surface area contributed by atoms with Gasteiger partial charge in [-0.25, -0.2) is 4.79 Å². The first-order valence-electron chi connectivity index (χ1n) is 7.84. The lowest BCUT2D eigenvalue weighted by Crippen LogP contribution is -2.07. The van der Waals surface area contributed by atoms with E-state index in [4.69, 9.17) is 9.47 Å². The number of rotatable bonds is 6. The molecule has 0 saturated carbocycles. The van der Waals surface area contributed by atoms with Crippen molar-refractivity contribution >= 4 is 24.0 Å². The van der Waals surface area contributed by atoms with Gasteiger partial charge < -0.3 is 14.6 Å². The van der Waals surface area contributed by atoms with E-state index in [1.807, 2.05) is 19.9 Å². The molecule has 1 aliphatic heterocycles. The van der Waals surface area contributed by atoms with Crippen molar-refractivity contribution in [2.24, 2.45) is 9.98 Å². The molecule has 132 valence electrons. The van der Waals surface area contributed by atoms with Crippen LogP contribution in [0.4, 0.5) is 0 Å². The molecule has 1 N–H and O–H groups in total. The summed E-state index contributed by atoms with van der Waals surface area (Å²) in [7, 11) is 2.81. The van der Waals surface area contributed by atoms with Crippen LogP contribution in [0.5, 0.6) is 11.5 Å². The third kappa shape index (κ3) is 4.35. The number of carbonyl (C=O) groups is 1. The van der Waals surface area contributed by atoms with Crippen LogP contribution < -0.4 is 4.74 Å². The third-order valence-corrected chi connectivity index (χ3v) is 3.71. The number of phenols is 1. The van der Waals surface area contributed by atoms with Crippen molar-refractivity contribution < 1.29 is 19.4 Å². The number of aliphatic imine (C=N–C) groups is 2. The Labute approximate surface area is 147 Å². The molecule has 6 heteroatoms. The maximum Gasteiger partial charge on any atom is 0.342 e. The molecule has 0 unspecified atom stereocenters. The quantitative estimate of drug-likeness (QED) is 0.636. The highest BCUT2D eigenvalue weighted by Crippen LogP contribution is 2.36. The highest BCUT2D eigenvalue weighted by molar-refractivity contribution is 6.37. The minimum Gasteiger partial charge on any atom is -0.507 e. The highest BCUT2D eigenvalue weighted by atomic mass is 16.5. The molecule has 0 atom stereocenters. The number of benzene rings is 1. The fourth-order valence-corrected chi connectivity index (χ4v) is 2.41. The number of esters is 1. The number of allylic oxidation sites excluding steroid dienone is 3. The predicted octanol–water partition coefficient (Wildman–Crippen LogP) is 3.19. The Kier molecular flexibility index (Phi) is 6.11. The van der Waals surface area contributed by atoms with Gasteiger partial charge in [0.05, 0.1) is 19.9 Å². The molecule has 2 rings (SSSR count). The Bertz CT molecular complexity index is 785. The van der Waals surface area contributed by atoms with Crippen molar-refractivity contribution in [3.05, 3.63) is 40.5 Å². The Morgan fingerprint density at radius 2 is 2.08 bits per heavy atom. The lowest BCUT2D eigenvalue weighted by molar-refractivity contribution is 0.0597. The maximum atomic E-state index is 12.2. The molecule has 0 bridgehead atoms. The van der Waals surface area contributed by atoms with E-state index in [9.17, 15) is 9.90 Å². The monoisotopic (exact) mass is 342 g/mol. The number of hydrogen-bond donors (Lipinski definition) is 1. The molecule has 1 aromatic rings. The van der Waals surface area contributed by atoms with Crippen LogP contribution in [0.2, 0.25) is 0 Å². The molecular formula is C19H22N2O4. The van der Waals surface area contributed by atoms with Crippen molar-refractivity contribution in [1.82, 2.24) is 0 Å². The zero-order valence-corrected chi connectivity index (χ0v) is 14.9. The van der Waals surface area contributed by atoms with Crippen LogP contribution in [0.15, 0.2) is 33.8 Å². The third-order valence-electron chi connectivity index (χ3n) is 3.71. The zero-order chi connectivity index (χ0) is 18.4. The fraction of sp³-hybridized carbons (Fsp3) is 0.316. The average molecular weight is 342 g/mol. The van der Waals surface area contributed by atoms with E-state index >= 15 is 0 Å². The van der Waals surface area contributed by atoms with E-state index in [1.165, 1.54) is 14.2 Å². The minimum absolute atomic E-state index is 0.104. The molecule has 0 aromatic heterocycles. The highest BCUT2D eigenvalue weighted by Gasteiger charge is 2.22. The van der Waals surface area contributed by atoms with Crippen molar-refractivity contribution in [2.75, 3.05) is 20.9 Å². The molecule has 25 heavy (non-hydrogen) atoms. The second-order valence-electron chi connectivity index (χ2n) is 5.72. The van der Waals surface area contributed by atoms with Crippen LogP contribution in [0.25, 0.3) is 6.08 Å². The molecule has 1 aliphatic rings. The number of aromatic hydroxyl groups is 1. The number of phenolic OH excluding ortho intramolecular Hbond substituents is 1. The summed E-state index contributed by atoms with van der Waals surface area (Å²) in [6.07, 6.45) is 7.47. The number of nitrogens with zero attached hydrogens (tertiary/aromatic N) is 2. The summed E-state index contributed by atoms with van der Waals surface area (Å²) in [6, 6.07) is 1.71. The van der Waals surface area contributed by atoms with Gasteiger partial charge in [-0.3, -0.25) is 9.98 Å². The van der Waals surface area contributed by atoms with Gasteiger partial charge in [-0.2, -0.15) is 0 Å². The van der Waals surface area contributed by atoms with Crippen molar-refractivity contribution in [2.45, 2.75) is 20.3 Å². The summed E-state index contributed by atoms with van der Waals surface area (Å²) in [4.78, 5) is 20.4. The van der Waals surface area contributed by atoms with Gasteiger partial charge in [-0.15, -0.1) is 0 Å². The summed E-state index contributed by atoms with van der Waals surface area (Å²) >= 11 is 0. The van der Waals surface area contributed by atoms with Gasteiger partial charge in [0.2, 0.25) is 0 Å². The van der Waals surface area contributed by atoms with Crippen LogP contribution >= 0.6 is 0 Å². The molecule has 0 aliphatic carbocycles. The lowest BCUT2D eigenvalue weighted by Gasteiger charge is -2.15. The van der Waals surface area contributed by atoms with Gasteiger partial charge in [0.15, 0.2) is 0 Å². The second kappa shape index (κ2) is 8.28. The topological polar surface area (TPSA) is 80.5 Å². The van der Waals surface area contributed by atoms with Crippen molar-refractivity contribution in [3.8, 4) is 11.5 Å². The first-order valence-corrected chi connectivity index (χ1v) is 7.84. The van der Waals surface area contributed by atoms with E-state index in [2.05, 4.69) is 9.98 Å². The molecule has 0 amide bonds. The van der Waals surface area contributed by atoms with Gasteiger partial charge in [0.25, 0.3) is 0 Å². The number of hydrogen-bond acceptors (Lipinski definition) is 6. The molecule has 1 heterocycles. The molecule has 0 radical (unpaired) electrons. The van der Waals surface area contributed by atoms with Crippen LogP contribution in [0, 0.1) is 0 Å². The predicted molar refractivity (Wildman–Crippen MR) is 99.0 cm³/mol. The second-order valence-corrected chi connectivity index (χ2v) is 5.72. The molecule has 6 nitrogen and oxygen atoms in total. The van der Waals surface area contributed by atoms with Crippen LogP contribution in [0.1, 0.15) is 35.3 Å². The van der Waals surface area contributed by atoms with Crippen LogP contribution in [0.3, 0.4) is 0 Å². The van der Waals surface area contributed by atoms with E-state index in [0.29, 0.717) is 35.7 Å². The van der Waals surface area contributed by atoms with Gasteiger partial charge in [0.1, 0.15) is 23.7 Å². The molecular weight excluding hydrogens is 320 g/mol. The Hall–Kier alpha value is -2.89. The van der Waals surface area contributed by atoms with Gasteiger partial charge >= 0.3 is 5.97 Å². The van der Waals surface area contributed by atoms with Crippen LogP contribution in [-0.2, 0) is 11.2 Å². The van der Waals surface area contributed by atoms with E-state index in [-0.39, 0.29) is 11.3 Å². The van der Waals surface area contributed by atoms with Gasteiger partial charge in [0, 0.05) is 11.8 Å². The Morgan fingerprint density at radius 3 is 2.64 bits per heavy atom. The number of ether oxygens (including phenoxy) is 2. The number of carbonyl (C=O) groups excluding carboxylic acids is 1. The summed E-state index contributed by atoms with van der Waals surface area (Å²) in [6.45, 7) is 4.33. The van der Waals surface area contributed by atoms with E-state index in [1.54, 1.807) is 24.4 Å². The molecule has 0 saturated heterocycles. The Morgan fingerprint density at radius 1 is 1.32 bits per heavy atom.